The topological polar surface area (TPSA) is 150 Å². The fraction of sp³-hybridized carbons (Fsp3) is 0.261. The molecule has 1 saturated heterocycles. The minimum Gasteiger partial charge on any atom is -0.475 e. The van der Waals surface area contributed by atoms with Crippen LogP contribution in [0.4, 0.5) is 36.6 Å². The molecule has 0 bridgehead atoms. The number of hydrogen-bond acceptors (Lipinski definition) is 9. The molecule has 5 rings (SSSR count). The second-order valence-corrected chi connectivity index (χ2v) is 10.2. The molecule has 1 fully saturated rings. The van der Waals surface area contributed by atoms with Crippen LogP contribution in [0.25, 0.3) is 20.4 Å². The van der Waals surface area contributed by atoms with Crippen LogP contribution in [0.2, 0.25) is 0 Å². The van der Waals surface area contributed by atoms with Gasteiger partial charge in [-0.3, -0.25) is 4.79 Å². The van der Waals surface area contributed by atoms with E-state index in [4.69, 9.17) is 30.5 Å². The first-order valence-electron chi connectivity index (χ1n) is 11.2. The highest BCUT2D eigenvalue weighted by Crippen LogP contribution is 2.30. The number of anilines is 2. The second-order valence-electron chi connectivity index (χ2n) is 8.08. The number of carbonyl (C=O) groups excluding carboxylic acids is 1. The number of carboxylic acid groups (broad SMARTS) is 2. The van der Waals surface area contributed by atoms with E-state index >= 15 is 0 Å². The molecule has 0 radical (unpaired) electrons. The Bertz CT molecular complexity index is 1490. The van der Waals surface area contributed by atoms with Gasteiger partial charge in [-0.05, 0) is 30.3 Å². The molecule has 220 valence electrons. The van der Waals surface area contributed by atoms with Crippen molar-refractivity contribution in [1.82, 2.24) is 14.9 Å². The van der Waals surface area contributed by atoms with Crippen molar-refractivity contribution in [2.75, 3.05) is 36.8 Å². The number of carbonyl (C=O) groups is 3. The summed E-state index contributed by atoms with van der Waals surface area (Å²) in [4.78, 5) is 43.8. The number of para-hydroxylation sites is 1. The number of amides is 1. The van der Waals surface area contributed by atoms with Crippen LogP contribution >= 0.6 is 22.7 Å². The Morgan fingerprint density at radius 1 is 0.780 bits per heavy atom. The highest BCUT2D eigenvalue weighted by molar-refractivity contribution is 7.22. The number of rotatable bonds is 2. The minimum atomic E-state index is -5.08. The van der Waals surface area contributed by atoms with Crippen LogP contribution in [0.1, 0.15) is 10.4 Å². The number of carboxylic acids is 2. The summed E-state index contributed by atoms with van der Waals surface area (Å²) in [5.41, 5.74) is 8.25. The van der Waals surface area contributed by atoms with Gasteiger partial charge in [0, 0.05) is 31.7 Å². The zero-order valence-electron chi connectivity index (χ0n) is 20.4. The maximum atomic E-state index is 12.9. The number of nitrogen functional groups attached to an aromatic ring is 1. The predicted molar refractivity (Wildman–Crippen MR) is 139 cm³/mol. The average Bonchev–Trinajstić information content (AvgIpc) is 3.50. The van der Waals surface area contributed by atoms with Crippen LogP contribution in [0.5, 0.6) is 0 Å². The molecule has 4 aromatic rings. The Hall–Kier alpha value is -4.19. The van der Waals surface area contributed by atoms with Gasteiger partial charge in [0.05, 0.1) is 20.4 Å². The van der Waals surface area contributed by atoms with E-state index < -0.39 is 24.3 Å². The number of aliphatic carboxylic acids is 2. The Morgan fingerprint density at radius 3 is 1.85 bits per heavy atom. The third kappa shape index (κ3) is 8.40. The molecule has 1 amide bonds. The third-order valence-electron chi connectivity index (χ3n) is 5.26. The Morgan fingerprint density at radius 2 is 1.32 bits per heavy atom. The summed E-state index contributed by atoms with van der Waals surface area (Å²) in [5, 5.41) is 15.8. The van der Waals surface area contributed by atoms with E-state index in [9.17, 15) is 31.1 Å². The molecule has 0 saturated carbocycles. The van der Waals surface area contributed by atoms with Gasteiger partial charge >= 0.3 is 24.3 Å². The number of thiazole rings is 2. The molecular weight excluding hydrogens is 604 g/mol. The molecule has 2 aromatic carbocycles. The quantitative estimate of drug-likeness (QED) is 0.270. The van der Waals surface area contributed by atoms with Gasteiger partial charge in [0.1, 0.15) is 0 Å². The van der Waals surface area contributed by atoms with Crippen LogP contribution in [-0.4, -0.2) is 81.5 Å². The average molecular weight is 624 g/mol. The molecular formula is C23H19F6N5O5S2. The molecule has 4 N–H and O–H groups in total. The third-order valence-corrected chi connectivity index (χ3v) is 7.22. The van der Waals surface area contributed by atoms with Crippen molar-refractivity contribution in [3.63, 3.8) is 0 Å². The first-order valence-corrected chi connectivity index (χ1v) is 12.9. The van der Waals surface area contributed by atoms with Crippen molar-refractivity contribution >= 4 is 71.2 Å². The molecule has 41 heavy (non-hydrogen) atoms. The molecule has 0 atom stereocenters. The molecule has 3 heterocycles. The Balaban J connectivity index is 0.000000276. The maximum Gasteiger partial charge on any atom is 0.490 e. The van der Waals surface area contributed by atoms with E-state index in [1.165, 1.54) is 16.0 Å². The number of nitrogens with zero attached hydrogens (tertiary/aromatic N) is 4. The molecule has 0 aliphatic carbocycles. The van der Waals surface area contributed by atoms with Crippen LogP contribution in [0, 0.1) is 0 Å². The highest BCUT2D eigenvalue weighted by atomic mass is 32.1. The number of alkyl halides is 6. The lowest BCUT2D eigenvalue weighted by Crippen LogP contribution is -2.48. The number of hydrogen-bond donors (Lipinski definition) is 3. The molecule has 0 unspecified atom stereocenters. The van der Waals surface area contributed by atoms with E-state index in [0.29, 0.717) is 23.8 Å². The number of fused-ring (bicyclic) bond motifs is 2. The lowest BCUT2D eigenvalue weighted by molar-refractivity contribution is -0.193. The van der Waals surface area contributed by atoms with Gasteiger partial charge in [0.2, 0.25) is 0 Å². The van der Waals surface area contributed by atoms with Gasteiger partial charge < -0.3 is 25.7 Å². The maximum absolute atomic E-state index is 12.9. The molecule has 1 aliphatic heterocycles. The molecule has 0 spiro atoms. The highest BCUT2D eigenvalue weighted by Gasteiger charge is 2.38. The summed E-state index contributed by atoms with van der Waals surface area (Å²) in [7, 11) is 0. The van der Waals surface area contributed by atoms with Gasteiger partial charge in [-0.1, -0.05) is 34.8 Å². The molecule has 2 aromatic heterocycles. The fourth-order valence-corrected chi connectivity index (χ4v) is 5.09. The van der Waals surface area contributed by atoms with Crippen LogP contribution < -0.4 is 10.6 Å². The standard InChI is InChI=1S/C19H17N5OS2.2C2HF3O2/c20-18-21-14-11-12(5-6-16(14)26-18)17(25)23-7-9-24(10-8-23)19-22-13-3-1-2-4-15(13)27-19;2*3-2(4,5)1(6)7/h1-6,11H,7-10H2,(H2,20,21);2*(H,6,7). The first kappa shape index (κ1) is 31.3. The predicted octanol–water partition coefficient (Wildman–Crippen LogP) is 4.72. The Kier molecular flexibility index (Phi) is 9.59. The SMILES string of the molecule is Nc1nc2cc(C(=O)N3CCN(c4nc5ccccc5s4)CC3)ccc2s1.O=C(O)C(F)(F)F.O=C(O)C(F)(F)F. The number of benzene rings is 2. The lowest BCUT2D eigenvalue weighted by Gasteiger charge is -2.34. The largest absolute Gasteiger partial charge is 0.490 e. The van der Waals surface area contributed by atoms with Gasteiger partial charge in [-0.2, -0.15) is 26.3 Å². The van der Waals surface area contributed by atoms with Crippen molar-refractivity contribution in [3.8, 4) is 0 Å². The fourth-order valence-electron chi connectivity index (χ4n) is 3.36. The summed E-state index contributed by atoms with van der Waals surface area (Å²) in [6, 6.07) is 13.8. The van der Waals surface area contributed by atoms with Crippen LogP contribution in [-0.2, 0) is 9.59 Å². The normalized spacial score (nSPS) is 13.7. The van der Waals surface area contributed by atoms with E-state index in [2.05, 4.69) is 16.0 Å². The van der Waals surface area contributed by atoms with Gasteiger partial charge in [0.15, 0.2) is 10.3 Å². The van der Waals surface area contributed by atoms with E-state index in [1.807, 2.05) is 41.3 Å². The first-order chi connectivity index (χ1) is 19.1. The van der Waals surface area contributed by atoms with Gasteiger partial charge in [0.25, 0.3) is 5.91 Å². The number of nitrogens with two attached hydrogens (primary N) is 1. The number of aromatic nitrogens is 2. The zero-order chi connectivity index (χ0) is 30.5. The lowest BCUT2D eigenvalue weighted by atomic mass is 10.1. The zero-order valence-corrected chi connectivity index (χ0v) is 22.1. The summed E-state index contributed by atoms with van der Waals surface area (Å²) >= 11 is 3.14. The summed E-state index contributed by atoms with van der Waals surface area (Å²) < 4.78 is 65.7. The summed E-state index contributed by atoms with van der Waals surface area (Å²) in [6.45, 7) is 2.95. The van der Waals surface area contributed by atoms with Gasteiger partial charge in [-0.25, -0.2) is 19.6 Å². The number of halogens is 6. The van der Waals surface area contributed by atoms with Crippen molar-refractivity contribution in [3.05, 3.63) is 48.0 Å². The molecule has 1 aliphatic rings. The second kappa shape index (κ2) is 12.5. The van der Waals surface area contributed by atoms with Crippen molar-refractivity contribution in [2.24, 2.45) is 0 Å². The Labute approximate surface area is 234 Å². The van der Waals surface area contributed by atoms with E-state index in [-0.39, 0.29) is 5.91 Å². The van der Waals surface area contributed by atoms with Crippen molar-refractivity contribution in [1.29, 1.82) is 0 Å². The van der Waals surface area contributed by atoms with Crippen molar-refractivity contribution < 1.29 is 50.9 Å². The van der Waals surface area contributed by atoms with E-state index in [0.717, 1.165) is 34.0 Å². The summed E-state index contributed by atoms with van der Waals surface area (Å²) in [6.07, 6.45) is -10.2. The van der Waals surface area contributed by atoms with Crippen molar-refractivity contribution in [2.45, 2.75) is 12.4 Å². The summed E-state index contributed by atoms with van der Waals surface area (Å²) in [5.74, 6) is -5.47. The molecule has 18 heteroatoms. The van der Waals surface area contributed by atoms with E-state index in [1.54, 1.807) is 11.3 Å². The number of piperazine rings is 1. The van der Waals surface area contributed by atoms with Gasteiger partial charge in [-0.15, -0.1) is 0 Å². The minimum absolute atomic E-state index is 0.0485. The smallest absolute Gasteiger partial charge is 0.475 e. The molecule has 10 nitrogen and oxygen atoms in total. The van der Waals surface area contributed by atoms with Crippen LogP contribution in [0.15, 0.2) is 42.5 Å². The monoisotopic (exact) mass is 623 g/mol. The van der Waals surface area contributed by atoms with Crippen LogP contribution in [0.3, 0.4) is 0 Å².